The standard InChI is InChI=1S/C22H24FNO5/c1-5-29-22(27)17-12(3)24-15-10-11(2)16(21(26)28-4)20(25)19(15)18(17)13-6-8-14(23)9-7-13/h6-9,11,16,18-19H,5,10H2,1-4H3/t11-,16+,18+,19+/m1/s1. The highest BCUT2D eigenvalue weighted by Gasteiger charge is 2.51. The molecule has 0 unspecified atom stereocenters. The Labute approximate surface area is 168 Å². The summed E-state index contributed by atoms with van der Waals surface area (Å²) in [7, 11) is 1.25. The summed E-state index contributed by atoms with van der Waals surface area (Å²) in [6.07, 6.45) is 0.432. The van der Waals surface area contributed by atoms with Gasteiger partial charge in [-0.3, -0.25) is 14.6 Å². The first kappa shape index (κ1) is 20.9. The lowest BCUT2D eigenvalue weighted by Gasteiger charge is -2.40. The third kappa shape index (κ3) is 3.73. The molecule has 0 N–H and O–H groups in total. The zero-order valence-corrected chi connectivity index (χ0v) is 16.9. The molecule has 1 aliphatic carbocycles. The third-order valence-corrected chi connectivity index (χ3v) is 5.60. The number of Topliss-reactive ketones (excluding diaryl/α,β-unsaturated/α-hetero) is 1. The number of hydrogen-bond donors (Lipinski definition) is 0. The fourth-order valence-electron chi connectivity index (χ4n) is 4.34. The van der Waals surface area contributed by atoms with Crippen LogP contribution in [-0.2, 0) is 23.9 Å². The highest BCUT2D eigenvalue weighted by Crippen LogP contribution is 2.45. The number of aliphatic imine (C=N–C) groups is 1. The van der Waals surface area contributed by atoms with Crippen molar-refractivity contribution in [3.05, 3.63) is 46.9 Å². The lowest BCUT2D eigenvalue weighted by Crippen LogP contribution is -2.48. The Morgan fingerprint density at radius 3 is 2.45 bits per heavy atom. The van der Waals surface area contributed by atoms with Crippen molar-refractivity contribution in [2.24, 2.45) is 22.7 Å². The number of fused-ring (bicyclic) bond motifs is 1. The Morgan fingerprint density at radius 1 is 1.21 bits per heavy atom. The molecule has 1 aliphatic heterocycles. The van der Waals surface area contributed by atoms with Gasteiger partial charge in [-0.15, -0.1) is 0 Å². The Hall–Kier alpha value is -2.83. The molecule has 4 atom stereocenters. The van der Waals surface area contributed by atoms with E-state index in [2.05, 4.69) is 4.99 Å². The minimum atomic E-state index is -0.936. The molecule has 3 rings (SSSR count). The predicted molar refractivity (Wildman–Crippen MR) is 104 cm³/mol. The zero-order chi connectivity index (χ0) is 21.3. The maximum atomic E-state index is 13.5. The number of halogens is 1. The Bertz CT molecular complexity index is 902. The van der Waals surface area contributed by atoms with Gasteiger partial charge in [-0.2, -0.15) is 0 Å². The summed E-state index contributed by atoms with van der Waals surface area (Å²) in [6.45, 7) is 5.38. The monoisotopic (exact) mass is 401 g/mol. The van der Waals surface area contributed by atoms with E-state index in [0.717, 1.165) is 0 Å². The lowest BCUT2D eigenvalue weighted by atomic mass is 9.64. The number of hydrogen-bond acceptors (Lipinski definition) is 6. The molecular formula is C22H24FNO5. The number of allylic oxidation sites excluding steroid dienone is 1. The van der Waals surface area contributed by atoms with Crippen molar-refractivity contribution in [1.29, 1.82) is 0 Å². The Balaban J connectivity index is 2.17. The molecule has 2 aliphatic rings. The average Bonchev–Trinajstić information content (AvgIpc) is 2.67. The van der Waals surface area contributed by atoms with Crippen LogP contribution in [-0.4, -0.2) is 37.2 Å². The van der Waals surface area contributed by atoms with Gasteiger partial charge in [-0.05, 0) is 43.9 Å². The number of esters is 2. The molecule has 154 valence electrons. The van der Waals surface area contributed by atoms with E-state index < -0.39 is 35.5 Å². The molecule has 0 amide bonds. The van der Waals surface area contributed by atoms with Gasteiger partial charge < -0.3 is 9.47 Å². The third-order valence-electron chi connectivity index (χ3n) is 5.60. The highest BCUT2D eigenvalue weighted by atomic mass is 19.1. The van der Waals surface area contributed by atoms with E-state index in [1.807, 2.05) is 6.92 Å². The number of methoxy groups -OCH3 is 1. The Morgan fingerprint density at radius 2 is 1.86 bits per heavy atom. The molecule has 1 fully saturated rings. The van der Waals surface area contributed by atoms with Crippen LogP contribution in [0, 0.1) is 23.6 Å². The fraction of sp³-hybridized carbons (Fsp3) is 0.455. The normalized spacial score (nSPS) is 26.5. The van der Waals surface area contributed by atoms with Gasteiger partial charge in [-0.1, -0.05) is 19.1 Å². The first-order valence-corrected chi connectivity index (χ1v) is 9.62. The van der Waals surface area contributed by atoms with Crippen molar-refractivity contribution in [2.45, 2.75) is 33.1 Å². The van der Waals surface area contributed by atoms with Crippen LogP contribution in [0.5, 0.6) is 0 Å². The van der Waals surface area contributed by atoms with E-state index in [1.54, 1.807) is 26.0 Å². The van der Waals surface area contributed by atoms with Crippen LogP contribution in [0.1, 0.15) is 38.7 Å². The van der Waals surface area contributed by atoms with Crippen molar-refractivity contribution >= 4 is 23.4 Å². The summed E-state index contributed by atoms with van der Waals surface area (Å²) >= 11 is 0. The molecule has 29 heavy (non-hydrogen) atoms. The summed E-state index contributed by atoms with van der Waals surface area (Å²) in [6, 6.07) is 5.67. The second-order valence-electron chi connectivity index (χ2n) is 7.41. The van der Waals surface area contributed by atoms with Crippen LogP contribution in [0.2, 0.25) is 0 Å². The van der Waals surface area contributed by atoms with Gasteiger partial charge in [0.25, 0.3) is 0 Å². The highest BCUT2D eigenvalue weighted by molar-refractivity contribution is 6.17. The van der Waals surface area contributed by atoms with Crippen molar-refractivity contribution < 1.29 is 28.2 Å². The first-order valence-electron chi connectivity index (χ1n) is 9.62. The smallest absolute Gasteiger partial charge is 0.336 e. The van der Waals surface area contributed by atoms with Crippen molar-refractivity contribution in [3.8, 4) is 0 Å². The van der Waals surface area contributed by atoms with E-state index >= 15 is 0 Å². The number of ether oxygens (including phenoxy) is 2. The quantitative estimate of drug-likeness (QED) is 0.572. The molecule has 0 spiro atoms. The largest absolute Gasteiger partial charge is 0.468 e. The van der Waals surface area contributed by atoms with Gasteiger partial charge in [0.1, 0.15) is 11.7 Å². The predicted octanol–water partition coefficient (Wildman–Crippen LogP) is 3.22. The SMILES string of the molecule is CCOC(=O)C1=C(C)N=C2C[C@@H](C)[C@H](C(=O)OC)C(=O)[C@@H]2[C@H]1c1ccc(F)cc1. The van der Waals surface area contributed by atoms with Gasteiger partial charge in [0.2, 0.25) is 0 Å². The van der Waals surface area contributed by atoms with Crippen LogP contribution < -0.4 is 0 Å². The molecule has 0 saturated heterocycles. The number of benzene rings is 1. The zero-order valence-electron chi connectivity index (χ0n) is 16.9. The van der Waals surface area contributed by atoms with Crippen LogP contribution in [0.4, 0.5) is 4.39 Å². The molecule has 7 heteroatoms. The van der Waals surface area contributed by atoms with Gasteiger partial charge in [0.15, 0.2) is 5.78 Å². The van der Waals surface area contributed by atoms with Gasteiger partial charge in [0.05, 0.1) is 25.2 Å². The van der Waals surface area contributed by atoms with Gasteiger partial charge in [0, 0.05) is 17.3 Å². The van der Waals surface area contributed by atoms with E-state index in [1.165, 1.54) is 19.2 Å². The molecule has 1 saturated carbocycles. The average molecular weight is 401 g/mol. The van der Waals surface area contributed by atoms with Crippen molar-refractivity contribution in [2.75, 3.05) is 13.7 Å². The van der Waals surface area contributed by atoms with Crippen molar-refractivity contribution in [1.82, 2.24) is 0 Å². The fourth-order valence-corrected chi connectivity index (χ4v) is 4.34. The molecular weight excluding hydrogens is 377 g/mol. The van der Waals surface area contributed by atoms with E-state index in [0.29, 0.717) is 23.4 Å². The lowest BCUT2D eigenvalue weighted by molar-refractivity contribution is -0.152. The van der Waals surface area contributed by atoms with Gasteiger partial charge >= 0.3 is 11.9 Å². The van der Waals surface area contributed by atoms with E-state index in [4.69, 9.17) is 9.47 Å². The molecule has 1 heterocycles. The topological polar surface area (TPSA) is 82.0 Å². The molecule has 1 aromatic rings. The summed E-state index contributed by atoms with van der Waals surface area (Å²) in [5.41, 5.74) is 1.96. The maximum Gasteiger partial charge on any atom is 0.336 e. The second-order valence-corrected chi connectivity index (χ2v) is 7.41. The number of carbonyl (C=O) groups is 3. The van der Waals surface area contributed by atoms with Crippen LogP contribution >= 0.6 is 0 Å². The number of carbonyl (C=O) groups excluding carboxylic acids is 3. The van der Waals surface area contributed by atoms with Gasteiger partial charge in [-0.25, -0.2) is 9.18 Å². The van der Waals surface area contributed by atoms with Crippen LogP contribution in [0.3, 0.4) is 0 Å². The molecule has 0 aromatic heterocycles. The van der Waals surface area contributed by atoms with Crippen LogP contribution in [0.15, 0.2) is 40.5 Å². The number of ketones is 1. The minimum absolute atomic E-state index is 0.169. The van der Waals surface area contributed by atoms with E-state index in [9.17, 15) is 18.8 Å². The summed E-state index contributed by atoms with van der Waals surface area (Å²) in [5.74, 6) is -4.62. The summed E-state index contributed by atoms with van der Waals surface area (Å²) in [4.78, 5) is 43.0. The maximum absolute atomic E-state index is 13.5. The number of nitrogens with zero attached hydrogens (tertiary/aromatic N) is 1. The van der Waals surface area contributed by atoms with Crippen molar-refractivity contribution in [3.63, 3.8) is 0 Å². The number of rotatable bonds is 4. The van der Waals surface area contributed by atoms with E-state index in [-0.39, 0.29) is 23.9 Å². The van der Waals surface area contributed by atoms with Crippen LogP contribution in [0.25, 0.3) is 0 Å². The molecule has 0 radical (unpaired) electrons. The molecule has 1 aromatic carbocycles. The molecule has 0 bridgehead atoms. The minimum Gasteiger partial charge on any atom is -0.468 e. The summed E-state index contributed by atoms with van der Waals surface area (Å²) < 4.78 is 23.6. The Kier molecular flexibility index (Phi) is 5.96. The molecule has 6 nitrogen and oxygen atoms in total. The summed E-state index contributed by atoms with van der Waals surface area (Å²) in [5, 5.41) is 0. The first-order chi connectivity index (χ1) is 13.8. The second kappa shape index (κ2) is 8.27.